The summed E-state index contributed by atoms with van der Waals surface area (Å²) in [5.74, 6) is -0.178. The maximum Gasteiger partial charge on any atom is 0.220 e. The average molecular weight is 840 g/mol. The van der Waals surface area contributed by atoms with Gasteiger partial charge in [0.1, 0.15) is 30.5 Å². The van der Waals surface area contributed by atoms with Crippen molar-refractivity contribution in [1.29, 1.82) is 0 Å². The number of nitrogens with one attached hydrogen (secondary N) is 1. The summed E-state index contributed by atoms with van der Waals surface area (Å²) in [4.78, 5) is 13.0. The molecule has 0 aliphatic carbocycles. The molecule has 59 heavy (non-hydrogen) atoms. The van der Waals surface area contributed by atoms with Crippen LogP contribution in [0.2, 0.25) is 0 Å². The molecule has 0 saturated carbocycles. The van der Waals surface area contributed by atoms with Crippen molar-refractivity contribution in [2.45, 2.75) is 300 Å². The quantitative estimate of drug-likeness (QED) is 0.0383. The smallest absolute Gasteiger partial charge is 0.220 e. The lowest BCUT2D eigenvalue weighted by Crippen LogP contribution is -2.56. The standard InChI is InChI=1S/C50H97NO8/c1-3-5-7-9-11-13-15-17-18-19-20-21-22-23-24-25-26-27-29-31-33-35-37-39-45(53)51-42(40-58-50-48(56)49-47(55)44(59-50)41-57-49)46(54)43(52)38-36-34-32-30-28-16-14-12-10-8-6-4-2/h42-44,46-50,52,54-56H,3-41H2,1-2H3,(H,51,53)/t42-,43+,44?,46?,47?,48?,49+,50-/m0/s1. The lowest BCUT2D eigenvalue weighted by atomic mass is 9.99. The average Bonchev–Trinajstić information content (AvgIpc) is 3.51. The molecule has 0 spiro atoms. The van der Waals surface area contributed by atoms with Crippen LogP contribution < -0.4 is 5.32 Å². The van der Waals surface area contributed by atoms with Crippen LogP contribution in [-0.2, 0) is 19.0 Å². The molecule has 0 aromatic rings. The van der Waals surface area contributed by atoms with E-state index < -0.39 is 49.0 Å². The number of fused-ring (bicyclic) bond motifs is 2. The van der Waals surface area contributed by atoms with Crippen molar-refractivity contribution in [2.24, 2.45) is 0 Å². The second-order valence-corrected chi connectivity index (χ2v) is 18.6. The fourth-order valence-corrected chi connectivity index (χ4v) is 8.99. The number of rotatable bonds is 43. The molecule has 2 rings (SSSR count). The number of unbranched alkanes of at least 4 members (excludes halogenated alkanes) is 33. The Bertz CT molecular complexity index is 941. The van der Waals surface area contributed by atoms with Crippen LogP contribution in [0, 0.1) is 0 Å². The Morgan fingerprint density at radius 2 is 0.932 bits per heavy atom. The van der Waals surface area contributed by atoms with Gasteiger partial charge in [-0.25, -0.2) is 0 Å². The van der Waals surface area contributed by atoms with E-state index in [1.165, 1.54) is 186 Å². The molecule has 2 aliphatic rings. The summed E-state index contributed by atoms with van der Waals surface area (Å²) in [5.41, 5.74) is 0. The molecule has 0 aromatic heterocycles. The van der Waals surface area contributed by atoms with E-state index in [2.05, 4.69) is 19.2 Å². The van der Waals surface area contributed by atoms with Crippen molar-refractivity contribution in [3.05, 3.63) is 0 Å². The molecule has 2 saturated heterocycles. The Hall–Kier alpha value is -0.810. The van der Waals surface area contributed by atoms with E-state index in [0.29, 0.717) is 12.8 Å². The van der Waals surface area contributed by atoms with E-state index in [0.717, 1.165) is 38.5 Å². The number of amides is 1. The van der Waals surface area contributed by atoms with E-state index >= 15 is 0 Å². The highest BCUT2D eigenvalue weighted by Crippen LogP contribution is 2.30. The van der Waals surface area contributed by atoms with Gasteiger partial charge in [0.05, 0.1) is 25.4 Å². The van der Waals surface area contributed by atoms with Gasteiger partial charge in [-0.3, -0.25) is 4.79 Å². The molecule has 5 N–H and O–H groups in total. The van der Waals surface area contributed by atoms with Crippen LogP contribution >= 0.6 is 0 Å². The highest BCUT2D eigenvalue weighted by Gasteiger charge is 2.51. The fraction of sp³-hybridized carbons (Fsp3) is 0.980. The highest BCUT2D eigenvalue weighted by molar-refractivity contribution is 5.76. The van der Waals surface area contributed by atoms with Crippen LogP contribution in [0.1, 0.15) is 251 Å². The van der Waals surface area contributed by atoms with E-state index in [1.54, 1.807) is 0 Å². The Balaban J connectivity index is 1.53. The Kier molecular flexibility index (Phi) is 34.7. The Morgan fingerprint density at radius 3 is 1.34 bits per heavy atom. The van der Waals surface area contributed by atoms with Gasteiger partial charge in [0.15, 0.2) is 6.29 Å². The van der Waals surface area contributed by atoms with Gasteiger partial charge < -0.3 is 40.0 Å². The lowest BCUT2D eigenvalue weighted by Gasteiger charge is -2.36. The monoisotopic (exact) mass is 840 g/mol. The van der Waals surface area contributed by atoms with E-state index in [-0.39, 0.29) is 19.1 Å². The van der Waals surface area contributed by atoms with Gasteiger partial charge >= 0.3 is 0 Å². The van der Waals surface area contributed by atoms with Crippen LogP contribution in [0.3, 0.4) is 0 Å². The summed E-state index contributed by atoms with van der Waals surface area (Å²) >= 11 is 0. The van der Waals surface area contributed by atoms with Crippen LogP contribution in [0.5, 0.6) is 0 Å². The molecular formula is C50H97NO8. The second kappa shape index (κ2) is 37.7. The van der Waals surface area contributed by atoms with Gasteiger partial charge in [-0.1, -0.05) is 232 Å². The summed E-state index contributed by atoms with van der Waals surface area (Å²) in [5, 5.41) is 46.0. The Labute approximate surface area is 363 Å². The molecule has 8 atom stereocenters. The van der Waals surface area contributed by atoms with Gasteiger partial charge in [-0.05, 0) is 12.8 Å². The third kappa shape index (κ3) is 27.1. The van der Waals surface area contributed by atoms with E-state index in [1.807, 2.05) is 0 Å². The molecule has 2 aliphatic heterocycles. The number of carbonyl (C=O) groups is 1. The molecule has 9 heteroatoms. The van der Waals surface area contributed by atoms with Gasteiger partial charge in [0.25, 0.3) is 0 Å². The van der Waals surface area contributed by atoms with Gasteiger partial charge in [-0.2, -0.15) is 0 Å². The van der Waals surface area contributed by atoms with Crippen molar-refractivity contribution in [3.63, 3.8) is 0 Å². The number of aliphatic hydroxyl groups is 4. The minimum Gasteiger partial charge on any atom is -0.390 e. The zero-order valence-electron chi connectivity index (χ0n) is 38.6. The van der Waals surface area contributed by atoms with Crippen molar-refractivity contribution < 1.29 is 39.4 Å². The number of carbonyl (C=O) groups excluding carboxylic acids is 1. The summed E-state index contributed by atoms with van der Waals surface area (Å²) < 4.78 is 17.1. The largest absolute Gasteiger partial charge is 0.390 e. The molecule has 0 radical (unpaired) electrons. The maximum atomic E-state index is 13.0. The molecule has 9 nitrogen and oxygen atoms in total. The predicted molar refractivity (Wildman–Crippen MR) is 242 cm³/mol. The number of hydrogen-bond donors (Lipinski definition) is 5. The zero-order chi connectivity index (χ0) is 42.6. The van der Waals surface area contributed by atoms with Crippen LogP contribution in [-0.4, -0.2) is 88.5 Å². The second-order valence-electron chi connectivity index (χ2n) is 18.6. The van der Waals surface area contributed by atoms with Crippen molar-refractivity contribution in [3.8, 4) is 0 Å². The van der Waals surface area contributed by atoms with Crippen LogP contribution in [0.15, 0.2) is 0 Å². The molecule has 2 bridgehead atoms. The minimum absolute atomic E-state index is 0.140. The molecule has 0 aromatic carbocycles. The maximum absolute atomic E-state index is 13.0. The first-order valence-electron chi connectivity index (χ1n) is 25.8. The molecule has 2 heterocycles. The van der Waals surface area contributed by atoms with Crippen molar-refractivity contribution >= 4 is 5.91 Å². The molecule has 1 amide bonds. The SMILES string of the molecule is CCCCCCCCCCCCCCCCCCCCCCCCCC(=O)N[C@@H](CO[C@H]1OC2CO[C@H](C2O)C1O)C(O)[C@H](O)CCCCCCCCCCCCCC. The first kappa shape index (κ1) is 54.3. The molecule has 4 unspecified atom stereocenters. The third-order valence-electron chi connectivity index (χ3n) is 13.0. The predicted octanol–water partition coefficient (Wildman–Crippen LogP) is 11.5. The summed E-state index contributed by atoms with van der Waals surface area (Å²) in [6, 6.07) is -0.861. The highest BCUT2D eigenvalue weighted by atomic mass is 16.7. The molecule has 2 fully saturated rings. The first-order chi connectivity index (χ1) is 28.9. The molecule has 350 valence electrons. The normalized spacial score (nSPS) is 21.8. The van der Waals surface area contributed by atoms with Crippen molar-refractivity contribution in [1.82, 2.24) is 5.32 Å². The Morgan fingerprint density at radius 1 is 0.559 bits per heavy atom. The van der Waals surface area contributed by atoms with Crippen LogP contribution in [0.25, 0.3) is 0 Å². The number of ether oxygens (including phenoxy) is 3. The van der Waals surface area contributed by atoms with E-state index in [9.17, 15) is 25.2 Å². The number of aliphatic hydroxyl groups excluding tert-OH is 4. The summed E-state index contributed by atoms with van der Waals surface area (Å²) in [6.07, 6.45) is 39.2. The summed E-state index contributed by atoms with van der Waals surface area (Å²) in [7, 11) is 0. The fourth-order valence-electron chi connectivity index (χ4n) is 8.99. The minimum atomic E-state index is -1.22. The van der Waals surface area contributed by atoms with Gasteiger partial charge in [0.2, 0.25) is 5.91 Å². The lowest BCUT2D eigenvalue weighted by molar-refractivity contribution is -0.265. The third-order valence-corrected chi connectivity index (χ3v) is 13.0. The topological polar surface area (TPSA) is 138 Å². The van der Waals surface area contributed by atoms with Crippen molar-refractivity contribution in [2.75, 3.05) is 13.2 Å². The molecular weight excluding hydrogens is 743 g/mol. The van der Waals surface area contributed by atoms with Gasteiger partial charge in [0, 0.05) is 6.42 Å². The number of hydrogen-bond acceptors (Lipinski definition) is 8. The zero-order valence-corrected chi connectivity index (χ0v) is 38.6. The van der Waals surface area contributed by atoms with Gasteiger partial charge in [-0.15, -0.1) is 0 Å². The summed E-state index contributed by atoms with van der Waals surface area (Å²) in [6.45, 7) is 4.57. The van der Waals surface area contributed by atoms with E-state index in [4.69, 9.17) is 14.2 Å². The first-order valence-corrected chi connectivity index (χ1v) is 25.8. The van der Waals surface area contributed by atoms with Crippen LogP contribution in [0.4, 0.5) is 0 Å².